The first-order chi connectivity index (χ1) is 13.3. The summed E-state index contributed by atoms with van der Waals surface area (Å²) < 4.78 is 5.90. The maximum atomic E-state index is 12.2. The van der Waals surface area contributed by atoms with Crippen molar-refractivity contribution in [3.05, 3.63) is 90.5 Å². The zero-order valence-corrected chi connectivity index (χ0v) is 14.6. The maximum Gasteiger partial charge on any atom is 0.230 e. The van der Waals surface area contributed by atoms with Gasteiger partial charge in [0, 0.05) is 24.7 Å². The third-order valence-corrected chi connectivity index (χ3v) is 4.15. The number of nitrogens with zero attached hydrogens (tertiary/aromatic N) is 3. The average molecular weight is 355 g/mol. The first-order valence-electron chi connectivity index (χ1n) is 8.66. The first kappa shape index (κ1) is 16.8. The number of ether oxygens (including phenoxy) is 1. The molecule has 4 rings (SSSR count). The summed E-state index contributed by atoms with van der Waals surface area (Å²) in [6.07, 6.45) is 3.90. The van der Waals surface area contributed by atoms with E-state index in [9.17, 15) is 4.79 Å². The van der Waals surface area contributed by atoms with E-state index in [0.717, 1.165) is 22.2 Å². The van der Waals surface area contributed by atoms with Gasteiger partial charge in [-0.25, -0.2) is 9.97 Å². The second-order valence-electron chi connectivity index (χ2n) is 6.16. The molecule has 2 heterocycles. The lowest BCUT2D eigenvalue weighted by Crippen LogP contribution is -2.07. The number of aromatic nitrogens is 3. The molecule has 27 heavy (non-hydrogen) atoms. The molecule has 2 aromatic carbocycles. The standard InChI is InChI=1S/C22H17N3O2/c26-18(14-17-5-3-4-12-23-17)13-16-8-10-19(11-9-16)27-22-20-6-1-2-7-21(20)24-15-25-22/h1-12,15H,13-14H2. The fourth-order valence-electron chi connectivity index (χ4n) is 2.84. The van der Waals surface area contributed by atoms with Crippen LogP contribution in [0.15, 0.2) is 79.3 Å². The molecule has 0 amide bonds. The Bertz CT molecular complexity index is 1060. The largest absolute Gasteiger partial charge is 0.438 e. The van der Waals surface area contributed by atoms with E-state index in [2.05, 4.69) is 15.0 Å². The second kappa shape index (κ2) is 7.74. The third kappa shape index (κ3) is 4.15. The third-order valence-electron chi connectivity index (χ3n) is 4.15. The molecule has 5 nitrogen and oxygen atoms in total. The quantitative estimate of drug-likeness (QED) is 0.519. The first-order valence-corrected chi connectivity index (χ1v) is 8.66. The van der Waals surface area contributed by atoms with Gasteiger partial charge in [0.1, 0.15) is 17.9 Å². The molecular weight excluding hydrogens is 338 g/mol. The lowest BCUT2D eigenvalue weighted by molar-refractivity contribution is -0.117. The van der Waals surface area contributed by atoms with Gasteiger partial charge < -0.3 is 4.74 Å². The van der Waals surface area contributed by atoms with E-state index in [-0.39, 0.29) is 5.78 Å². The lowest BCUT2D eigenvalue weighted by Gasteiger charge is -2.08. The number of hydrogen-bond acceptors (Lipinski definition) is 5. The summed E-state index contributed by atoms with van der Waals surface area (Å²) in [5.41, 5.74) is 2.56. The number of fused-ring (bicyclic) bond motifs is 1. The number of hydrogen-bond donors (Lipinski definition) is 0. The van der Waals surface area contributed by atoms with Gasteiger partial charge in [0.05, 0.1) is 10.9 Å². The van der Waals surface area contributed by atoms with Gasteiger partial charge in [-0.1, -0.05) is 30.3 Å². The van der Waals surface area contributed by atoms with E-state index in [1.807, 2.05) is 66.7 Å². The van der Waals surface area contributed by atoms with Crippen molar-refractivity contribution in [3.63, 3.8) is 0 Å². The van der Waals surface area contributed by atoms with Crippen molar-refractivity contribution in [2.24, 2.45) is 0 Å². The zero-order valence-electron chi connectivity index (χ0n) is 14.6. The summed E-state index contributed by atoms with van der Waals surface area (Å²) >= 11 is 0. The maximum absolute atomic E-state index is 12.2. The van der Waals surface area contributed by atoms with Crippen LogP contribution >= 0.6 is 0 Å². The highest BCUT2D eigenvalue weighted by Gasteiger charge is 2.08. The molecule has 132 valence electrons. The number of pyridine rings is 1. The molecule has 0 radical (unpaired) electrons. The van der Waals surface area contributed by atoms with E-state index in [1.54, 1.807) is 6.20 Å². The summed E-state index contributed by atoms with van der Waals surface area (Å²) in [5, 5.41) is 0.856. The van der Waals surface area contributed by atoms with Gasteiger partial charge in [-0.3, -0.25) is 9.78 Å². The summed E-state index contributed by atoms with van der Waals surface area (Å²) in [6, 6.07) is 20.8. The Labute approximate surface area is 156 Å². The monoisotopic (exact) mass is 355 g/mol. The summed E-state index contributed by atoms with van der Waals surface area (Å²) in [6.45, 7) is 0. The topological polar surface area (TPSA) is 65.0 Å². The number of carbonyl (C=O) groups excluding carboxylic acids is 1. The Morgan fingerprint density at radius 1 is 0.815 bits per heavy atom. The van der Waals surface area contributed by atoms with Crippen LogP contribution in [-0.4, -0.2) is 20.7 Å². The predicted octanol–water partition coefficient (Wildman–Crippen LogP) is 4.17. The highest BCUT2D eigenvalue weighted by atomic mass is 16.5. The number of rotatable bonds is 6. The molecule has 0 aliphatic carbocycles. The van der Waals surface area contributed by atoms with Crippen LogP contribution in [0.4, 0.5) is 0 Å². The summed E-state index contributed by atoms with van der Waals surface area (Å²) in [4.78, 5) is 24.9. The number of carbonyl (C=O) groups is 1. The van der Waals surface area contributed by atoms with Crippen LogP contribution in [0.25, 0.3) is 10.9 Å². The van der Waals surface area contributed by atoms with E-state index in [0.29, 0.717) is 24.5 Å². The predicted molar refractivity (Wildman–Crippen MR) is 103 cm³/mol. The minimum Gasteiger partial charge on any atom is -0.438 e. The van der Waals surface area contributed by atoms with Crippen LogP contribution < -0.4 is 4.74 Å². The fraction of sp³-hybridized carbons (Fsp3) is 0.0909. The molecule has 0 unspecified atom stereocenters. The minimum atomic E-state index is 0.129. The lowest BCUT2D eigenvalue weighted by atomic mass is 10.1. The van der Waals surface area contributed by atoms with Crippen LogP contribution in [0.2, 0.25) is 0 Å². The van der Waals surface area contributed by atoms with Crippen LogP contribution in [0.1, 0.15) is 11.3 Å². The highest BCUT2D eigenvalue weighted by molar-refractivity contribution is 5.83. The average Bonchev–Trinajstić information content (AvgIpc) is 2.70. The molecule has 0 saturated heterocycles. The second-order valence-corrected chi connectivity index (χ2v) is 6.16. The molecule has 0 N–H and O–H groups in total. The Balaban J connectivity index is 1.43. The number of para-hydroxylation sites is 1. The van der Waals surface area contributed by atoms with E-state index >= 15 is 0 Å². The molecule has 0 aliphatic rings. The van der Waals surface area contributed by atoms with Gasteiger partial charge in [-0.15, -0.1) is 0 Å². The van der Waals surface area contributed by atoms with Gasteiger partial charge in [0.15, 0.2) is 0 Å². The van der Waals surface area contributed by atoms with Gasteiger partial charge >= 0.3 is 0 Å². The SMILES string of the molecule is O=C(Cc1ccc(Oc2ncnc3ccccc23)cc1)Cc1ccccn1. The summed E-state index contributed by atoms with van der Waals surface area (Å²) in [5.74, 6) is 1.31. The van der Waals surface area contributed by atoms with Crippen LogP contribution in [0.3, 0.4) is 0 Å². The smallest absolute Gasteiger partial charge is 0.230 e. The van der Waals surface area contributed by atoms with Gasteiger partial charge in [0.25, 0.3) is 0 Å². The van der Waals surface area contributed by atoms with Crippen molar-refractivity contribution >= 4 is 16.7 Å². The van der Waals surface area contributed by atoms with Crippen LogP contribution in [0.5, 0.6) is 11.6 Å². The molecule has 4 aromatic rings. The summed E-state index contributed by atoms with van der Waals surface area (Å²) in [7, 11) is 0. The molecule has 5 heteroatoms. The van der Waals surface area contributed by atoms with Crippen molar-refractivity contribution in [1.82, 2.24) is 15.0 Å². The molecule has 0 aliphatic heterocycles. The molecule has 0 atom stereocenters. The Morgan fingerprint density at radius 3 is 2.44 bits per heavy atom. The number of benzene rings is 2. The van der Waals surface area contributed by atoms with E-state index < -0.39 is 0 Å². The van der Waals surface area contributed by atoms with Crippen molar-refractivity contribution in [1.29, 1.82) is 0 Å². The normalized spacial score (nSPS) is 10.7. The van der Waals surface area contributed by atoms with Crippen LogP contribution in [0, 0.1) is 0 Å². The molecular formula is C22H17N3O2. The van der Waals surface area contributed by atoms with Gasteiger partial charge in [-0.2, -0.15) is 0 Å². The zero-order chi connectivity index (χ0) is 18.5. The Hall–Kier alpha value is -3.60. The van der Waals surface area contributed by atoms with Crippen molar-refractivity contribution in [2.45, 2.75) is 12.8 Å². The van der Waals surface area contributed by atoms with Crippen LogP contribution in [-0.2, 0) is 17.6 Å². The molecule has 0 spiro atoms. The van der Waals surface area contributed by atoms with Crippen molar-refractivity contribution in [2.75, 3.05) is 0 Å². The fourth-order valence-corrected chi connectivity index (χ4v) is 2.84. The van der Waals surface area contributed by atoms with Gasteiger partial charge in [0.2, 0.25) is 5.88 Å². The number of Topliss-reactive ketones (excluding diaryl/α,β-unsaturated/α-hetero) is 1. The Kier molecular flexibility index (Phi) is 4.83. The van der Waals surface area contributed by atoms with Crippen molar-refractivity contribution < 1.29 is 9.53 Å². The minimum absolute atomic E-state index is 0.129. The number of ketones is 1. The molecule has 0 saturated carbocycles. The van der Waals surface area contributed by atoms with E-state index in [4.69, 9.17) is 4.74 Å². The highest BCUT2D eigenvalue weighted by Crippen LogP contribution is 2.26. The Morgan fingerprint density at radius 2 is 1.63 bits per heavy atom. The van der Waals surface area contributed by atoms with Crippen molar-refractivity contribution in [3.8, 4) is 11.6 Å². The van der Waals surface area contributed by atoms with Gasteiger partial charge in [-0.05, 0) is 42.0 Å². The molecule has 2 aromatic heterocycles. The molecule has 0 fully saturated rings. The molecule has 0 bridgehead atoms. The van der Waals surface area contributed by atoms with E-state index in [1.165, 1.54) is 6.33 Å².